The Morgan fingerprint density at radius 2 is 2.24 bits per heavy atom. The molecule has 1 unspecified atom stereocenters. The smallest absolute Gasteiger partial charge is 0.224 e. The molecule has 1 amide bonds. The zero-order valence-corrected chi connectivity index (χ0v) is 13.6. The maximum Gasteiger partial charge on any atom is 0.224 e. The lowest BCUT2D eigenvalue weighted by atomic mass is 9.99. The van der Waals surface area contributed by atoms with Crippen LogP contribution in [0.2, 0.25) is 0 Å². The molecule has 0 aromatic carbocycles. The van der Waals surface area contributed by atoms with Crippen LogP contribution in [0.1, 0.15) is 29.4 Å². The lowest BCUT2D eigenvalue weighted by Crippen LogP contribution is -2.39. The number of rotatable bonds is 5. The molecule has 0 bridgehead atoms. The van der Waals surface area contributed by atoms with Crippen molar-refractivity contribution in [1.29, 1.82) is 0 Å². The van der Waals surface area contributed by atoms with Gasteiger partial charge in [0.15, 0.2) is 0 Å². The summed E-state index contributed by atoms with van der Waals surface area (Å²) in [5.74, 6) is -0.107. The van der Waals surface area contributed by atoms with Crippen molar-refractivity contribution in [2.45, 2.75) is 32.8 Å². The number of aliphatic hydroxyl groups is 1. The Morgan fingerprint density at radius 3 is 2.76 bits per heavy atom. The fourth-order valence-electron chi connectivity index (χ4n) is 2.24. The van der Waals surface area contributed by atoms with Crippen LogP contribution >= 0.6 is 11.3 Å². The molecule has 21 heavy (non-hydrogen) atoms. The van der Waals surface area contributed by atoms with Crippen LogP contribution in [0.3, 0.4) is 0 Å². The molecule has 2 N–H and O–H groups in total. The van der Waals surface area contributed by atoms with Crippen LogP contribution in [-0.2, 0) is 23.9 Å². The fourth-order valence-corrected chi connectivity index (χ4v) is 3.02. The number of carbonyl (C=O) groups excluding carboxylic acids is 1. The van der Waals surface area contributed by atoms with Gasteiger partial charge < -0.3 is 10.4 Å². The summed E-state index contributed by atoms with van der Waals surface area (Å²) in [5, 5.41) is 21.3. The monoisotopic (exact) mass is 307 g/mol. The van der Waals surface area contributed by atoms with E-state index in [9.17, 15) is 9.90 Å². The Bertz CT molecular complexity index is 630. The van der Waals surface area contributed by atoms with Crippen LogP contribution in [0.5, 0.6) is 0 Å². The van der Waals surface area contributed by atoms with Crippen molar-refractivity contribution < 1.29 is 9.90 Å². The molecular formula is C15H21N3O2S. The summed E-state index contributed by atoms with van der Waals surface area (Å²) in [6.07, 6.45) is 0.283. The van der Waals surface area contributed by atoms with Gasteiger partial charge in [-0.15, -0.1) is 0 Å². The van der Waals surface area contributed by atoms with Gasteiger partial charge in [0.1, 0.15) is 5.60 Å². The molecule has 0 fully saturated rings. The predicted molar refractivity (Wildman–Crippen MR) is 83.3 cm³/mol. The van der Waals surface area contributed by atoms with E-state index < -0.39 is 5.60 Å². The van der Waals surface area contributed by atoms with E-state index in [1.807, 2.05) is 37.7 Å². The summed E-state index contributed by atoms with van der Waals surface area (Å²) in [6, 6.07) is 1.87. The second kappa shape index (κ2) is 5.99. The molecule has 0 radical (unpaired) electrons. The van der Waals surface area contributed by atoms with Gasteiger partial charge in [-0.3, -0.25) is 9.48 Å². The number of aryl methyl sites for hydroxylation is 2. The number of nitrogens with one attached hydrogen (secondary N) is 1. The first-order valence-electron chi connectivity index (χ1n) is 6.82. The number of hydrogen-bond donors (Lipinski definition) is 2. The van der Waals surface area contributed by atoms with Gasteiger partial charge in [0.2, 0.25) is 5.91 Å². The van der Waals surface area contributed by atoms with Crippen molar-refractivity contribution >= 4 is 17.2 Å². The van der Waals surface area contributed by atoms with Crippen molar-refractivity contribution in [2.24, 2.45) is 7.05 Å². The average Bonchev–Trinajstić information content (AvgIpc) is 3.02. The van der Waals surface area contributed by atoms with E-state index in [1.165, 1.54) is 11.3 Å². The van der Waals surface area contributed by atoms with Crippen LogP contribution in [0, 0.1) is 13.8 Å². The molecule has 2 heterocycles. The van der Waals surface area contributed by atoms with Crippen molar-refractivity contribution in [3.63, 3.8) is 0 Å². The maximum absolute atomic E-state index is 12.1. The summed E-state index contributed by atoms with van der Waals surface area (Å²) in [7, 11) is 1.87. The summed E-state index contributed by atoms with van der Waals surface area (Å²) < 4.78 is 1.78. The van der Waals surface area contributed by atoms with E-state index in [0.29, 0.717) is 0 Å². The summed E-state index contributed by atoms with van der Waals surface area (Å²) in [6.45, 7) is 5.75. The number of amides is 1. The Labute approximate surface area is 128 Å². The molecule has 0 saturated carbocycles. The van der Waals surface area contributed by atoms with Crippen LogP contribution in [0.15, 0.2) is 16.8 Å². The second-order valence-corrected chi connectivity index (χ2v) is 6.29. The molecule has 2 aromatic heterocycles. The van der Waals surface area contributed by atoms with Crippen LogP contribution in [-0.4, -0.2) is 27.3 Å². The van der Waals surface area contributed by atoms with E-state index in [0.717, 1.165) is 22.5 Å². The fraction of sp³-hybridized carbons (Fsp3) is 0.467. The highest BCUT2D eigenvalue weighted by Crippen LogP contribution is 2.22. The van der Waals surface area contributed by atoms with Crippen LogP contribution < -0.4 is 5.32 Å². The summed E-state index contributed by atoms with van der Waals surface area (Å²) in [4.78, 5) is 12.1. The molecule has 2 rings (SSSR count). The van der Waals surface area contributed by atoms with Gasteiger partial charge >= 0.3 is 0 Å². The van der Waals surface area contributed by atoms with Crippen molar-refractivity contribution in [1.82, 2.24) is 15.1 Å². The molecule has 0 aliphatic rings. The first-order valence-corrected chi connectivity index (χ1v) is 7.76. The van der Waals surface area contributed by atoms with Gasteiger partial charge in [-0.05, 0) is 43.2 Å². The third-order valence-electron chi connectivity index (χ3n) is 3.77. The third-order valence-corrected chi connectivity index (χ3v) is 4.45. The highest BCUT2D eigenvalue weighted by atomic mass is 32.1. The first-order chi connectivity index (χ1) is 9.81. The molecule has 2 aromatic rings. The average molecular weight is 307 g/mol. The number of aromatic nitrogens is 2. The van der Waals surface area contributed by atoms with E-state index in [2.05, 4.69) is 10.4 Å². The highest BCUT2D eigenvalue weighted by Gasteiger charge is 2.24. The van der Waals surface area contributed by atoms with Gasteiger partial charge in [0, 0.05) is 18.3 Å². The molecule has 114 valence electrons. The number of carbonyl (C=O) groups is 1. The Morgan fingerprint density at radius 1 is 1.52 bits per heavy atom. The van der Waals surface area contributed by atoms with E-state index in [-0.39, 0.29) is 18.9 Å². The minimum absolute atomic E-state index is 0.107. The second-order valence-electron chi connectivity index (χ2n) is 5.51. The quantitative estimate of drug-likeness (QED) is 0.883. The van der Waals surface area contributed by atoms with Gasteiger partial charge in [0.25, 0.3) is 0 Å². The van der Waals surface area contributed by atoms with E-state index >= 15 is 0 Å². The van der Waals surface area contributed by atoms with Crippen molar-refractivity contribution in [2.75, 3.05) is 6.54 Å². The Balaban J connectivity index is 1.97. The van der Waals surface area contributed by atoms with Crippen LogP contribution in [0.4, 0.5) is 0 Å². The topological polar surface area (TPSA) is 67.2 Å². The standard InChI is InChI=1S/C15H21N3O2S/c1-10-13(11(2)18(4)17-10)7-14(19)16-9-15(3,20)12-5-6-21-8-12/h5-6,8,20H,7,9H2,1-4H3,(H,16,19). The predicted octanol–water partition coefficient (Wildman–Crippen LogP) is 1.66. The summed E-state index contributed by atoms with van der Waals surface area (Å²) >= 11 is 1.53. The lowest BCUT2D eigenvalue weighted by Gasteiger charge is -2.22. The molecule has 0 aliphatic carbocycles. The minimum Gasteiger partial charge on any atom is -0.384 e. The van der Waals surface area contributed by atoms with Gasteiger partial charge in [0.05, 0.1) is 18.7 Å². The van der Waals surface area contributed by atoms with Crippen LogP contribution in [0.25, 0.3) is 0 Å². The molecule has 0 saturated heterocycles. The zero-order chi connectivity index (χ0) is 15.6. The highest BCUT2D eigenvalue weighted by molar-refractivity contribution is 7.08. The first kappa shape index (κ1) is 15.7. The normalized spacial score (nSPS) is 14.0. The van der Waals surface area contributed by atoms with Gasteiger partial charge in [-0.1, -0.05) is 0 Å². The third kappa shape index (κ3) is 3.51. The molecule has 5 nitrogen and oxygen atoms in total. The minimum atomic E-state index is -1.05. The van der Waals surface area contributed by atoms with Crippen molar-refractivity contribution in [3.05, 3.63) is 39.3 Å². The van der Waals surface area contributed by atoms with E-state index in [4.69, 9.17) is 0 Å². The number of nitrogens with zero attached hydrogens (tertiary/aromatic N) is 2. The molecule has 1 atom stereocenters. The van der Waals surface area contributed by atoms with E-state index in [1.54, 1.807) is 11.6 Å². The van der Waals surface area contributed by atoms with Gasteiger partial charge in [-0.2, -0.15) is 16.4 Å². The molecule has 0 aliphatic heterocycles. The largest absolute Gasteiger partial charge is 0.384 e. The molecular weight excluding hydrogens is 286 g/mol. The SMILES string of the molecule is Cc1nn(C)c(C)c1CC(=O)NCC(C)(O)c1ccsc1. The van der Waals surface area contributed by atoms with Crippen molar-refractivity contribution in [3.8, 4) is 0 Å². The summed E-state index contributed by atoms with van der Waals surface area (Å²) in [5.41, 5.74) is 2.59. The lowest BCUT2D eigenvalue weighted by molar-refractivity contribution is -0.121. The molecule has 6 heteroatoms. The van der Waals surface area contributed by atoms with Gasteiger partial charge in [-0.25, -0.2) is 0 Å². The maximum atomic E-state index is 12.1. The molecule has 0 spiro atoms. The zero-order valence-electron chi connectivity index (χ0n) is 12.8. The number of thiophene rings is 1. The Hall–Kier alpha value is -1.66. The Kier molecular flexibility index (Phi) is 4.49. The number of hydrogen-bond acceptors (Lipinski definition) is 4.